The molecule has 1 N–H and O–H groups in total. The number of oxazole rings is 1. The Kier molecular flexibility index (Phi) is 4.07. The summed E-state index contributed by atoms with van der Waals surface area (Å²) in [7, 11) is 0. The predicted molar refractivity (Wildman–Crippen MR) is 80.2 cm³/mol. The van der Waals surface area contributed by atoms with Crippen LogP contribution in [0.1, 0.15) is 30.7 Å². The van der Waals surface area contributed by atoms with Gasteiger partial charge < -0.3 is 9.52 Å². The molecule has 1 atom stereocenters. The third kappa shape index (κ3) is 3.16. The number of rotatable bonds is 5. The molecule has 2 aromatic heterocycles. The quantitative estimate of drug-likeness (QED) is 0.919. The van der Waals surface area contributed by atoms with Crippen molar-refractivity contribution < 1.29 is 14.3 Å². The summed E-state index contributed by atoms with van der Waals surface area (Å²) in [4.78, 5) is 18.7. The van der Waals surface area contributed by atoms with Crippen molar-refractivity contribution in [2.75, 3.05) is 6.54 Å². The first-order valence-corrected chi connectivity index (χ1v) is 7.97. The highest BCUT2D eigenvalue weighted by atomic mass is 32.1. The third-order valence-electron chi connectivity index (χ3n) is 3.89. The van der Waals surface area contributed by atoms with E-state index in [4.69, 9.17) is 9.52 Å². The lowest BCUT2D eigenvalue weighted by molar-refractivity contribution is -0.138. The minimum Gasteiger partial charge on any atom is -0.481 e. The molecule has 5 nitrogen and oxygen atoms in total. The Hall–Kier alpha value is -1.66. The summed E-state index contributed by atoms with van der Waals surface area (Å²) in [5, 5.41) is 11.0. The number of carbonyl (C=O) groups is 1. The van der Waals surface area contributed by atoms with Crippen molar-refractivity contribution in [1.29, 1.82) is 0 Å². The number of hydrogen-bond donors (Lipinski definition) is 1. The van der Waals surface area contributed by atoms with Gasteiger partial charge in [0.25, 0.3) is 0 Å². The van der Waals surface area contributed by atoms with E-state index < -0.39 is 5.97 Å². The first-order valence-electron chi connectivity index (χ1n) is 7.09. The van der Waals surface area contributed by atoms with Gasteiger partial charge in [-0.05, 0) is 37.8 Å². The average molecular weight is 306 g/mol. The van der Waals surface area contributed by atoms with Crippen molar-refractivity contribution in [2.45, 2.75) is 38.8 Å². The zero-order valence-corrected chi connectivity index (χ0v) is 12.7. The van der Waals surface area contributed by atoms with Crippen LogP contribution in [0.5, 0.6) is 0 Å². The molecule has 0 bridgehead atoms. The van der Waals surface area contributed by atoms with E-state index in [0.717, 1.165) is 35.7 Å². The minimum absolute atomic E-state index is 0.115. The van der Waals surface area contributed by atoms with Crippen molar-refractivity contribution in [3.63, 3.8) is 0 Å². The van der Waals surface area contributed by atoms with Crippen LogP contribution in [0.3, 0.4) is 0 Å². The number of aliphatic carboxylic acids is 1. The Labute approximate surface area is 127 Å². The molecule has 0 amide bonds. The van der Waals surface area contributed by atoms with Gasteiger partial charge in [-0.1, -0.05) is 6.07 Å². The molecule has 2 aromatic rings. The topological polar surface area (TPSA) is 66.6 Å². The summed E-state index contributed by atoms with van der Waals surface area (Å²) in [6, 6.07) is 4.08. The number of aryl methyl sites for hydroxylation is 1. The van der Waals surface area contributed by atoms with E-state index in [1.165, 1.54) is 0 Å². The number of aromatic nitrogens is 1. The summed E-state index contributed by atoms with van der Waals surface area (Å²) in [5.74, 6) is 0.744. The first kappa shape index (κ1) is 14.3. The molecule has 0 aromatic carbocycles. The van der Waals surface area contributed by atoms with Gasteiger partial charge in [0, 0.05) is 12.6 Å². The van der Waals surface area contributed by atoms with Gasteiger partial charge in [0.15, 0.2) is 0 Å². The summed E-state index contributed by atoms with van der Waals surface area (Å²) in [5.41, 5.74) is 0.913. The van der Waals surface area contributed by atoms with Crippen LogP contribution in [-0.2, 0) is 11.3 Å². The Morgan fingerprint density at radius 3 is 3.19 bits per heavy atom. The summed E-state index contributed by atoms with van der Waals surface area (Å²) < 4.78 is 5.74. The second-order valence-corrected chi connectivity index (χ2v) is 6.31. The normalized spacial score (nSPS) is 19.2. The van der Waals surface area contributed by atoms with Gasteiger partial charge in [0.05, 0.1) is 17.0 Å². The molecular formula is C15H18N2O3S. The number of nitrogens with zero attached hydrogens (tertiary/aromatic N) is 2. The van der Waals surface area contributed by atoms with Crippen molar-refractivity contribution in [2.24, 2.45) is 0 Å². The zero-order chi connectivity index (χ0) is 14.8. The summed E-state index contributed by atoms with van der Waals surface area (Å²) in [6.07, 6.45) is 2.20. The van der Waals surface area contributed by atoms with E-state index in [1.807, 2.05) is 24.4 Å². The van der Waals surface area contributed by atoms with Crippen LogP contribution in [0.2, 0.25) is 0 Å². The van der Waals surface area contributed by atoms with Crippen molar-refractivity contribution in [1.82, 2.24) is 9.88 Å². The van der Waals surface area contributed by atoms with E-state index in [-0.39, 0.29) is 12.5 Å². The van der Waals surface area contributed by atoms with Gasteiger partial charge >= 0.3 is 5.97 Å². The lowest BCUT2D eigenvalue weighted by Gasteiger charge is -2.22. The minimum atomic E-state index is -0.733. The number of hydrogen-bond acceptors (Lipinski definition) is 5. The molecule has 3 heterocycles. The zero-order valence-electron chi connectivity index (χ0n) is 11.9. The predicted octanol–water partition coefficient (Wildman–Crippen LogP) is 3.15. The van der Waals surface area contributed by atoms with Gasteiger partial charge in [0.1, 0.15) is 5.76 Å². The smallest absolute Gasteiger partial charge is 0.304 e. The molecular weight excluding hydrogens is 288 g/mol. The highest BCUT2D eigenvalue weighted by molar-refractivity contribution is 7.13. The van der Waals surface area contributed by atoms with Crippen LogP contribution in [0, 0.1) is 6.92 Å². The second kappa shape index (κ2) is 5.99. The monoisotopic (exact) mass is 306 g/mol. The Balaban J connectivity index is 1.74. The van der Waals surface area contributed by atoms with E-state index in [1.54, 1.807) is 11.3 Å². The lowest BCUT2D eigenvalue weighted by atomic mass is 10.1. The molecule has 0 radical (unpaired) electrons. The molecule has 1 aliphatic heterocycles. The highest BCUT2D eigenvalue weighted by Crippen LogP contribution is 2.28. The first-order chi connectivity index (χ1) is 10.1. The number of carboxylic acid groups (broad SMARTS) is 1. The molecule has 1 fully saturated rings. The maximum absolute atomic E-state index is 10.9. The SMILES string of the molecule is Cc1oc(-c2cccs2)nc1CN1CCCC1CC(=O)O. The van der Waals surface area contributed by atoms with Gasteiger partial charge in [-0.3, -0.25) is 9.69 Å². The molecule has 3 rings (SSSR count). The number of likely N-dealkylation sites (tertiary alicyclic amines) is 1. The average Bonchev–Trinajstić information content (AvgIpc) is 3.12. The molecule has 0 saturated carbocycles. The standard InChI is InChI=1S/C15H18N2O3S/c1-10-12(16-15(20-10)13-5-3-7-21-13)9-17-6-2-4-11(17)8-14(18)19/h3,5,7,11H,2,4,6,8-9H2,1H3,(H,18,19). The lowest BCUT2D eigenvalue weighted by Crippen LogP contribution is -2.31. The van der Waals surface area contributed by atoms with E-state index in [0.29, 0.717) is 12.4 Å². The van der Waals surface area contributed by atoms with E-state index >= 15 is 0 Å². The fourth-order valence-corrected chi connectivity index (χ4v) is 3.46. The van der Waals surface area contributed by atoms with Gasteiger partial charge in [-0.2, -0.15) is 0 Å². The molecule has 1 unspecified atom stereocenters. The molecule has 1 saturated heterocycles. The van der Waals surface area contributed by atoms with Crippen LogP contribution < -0.4 is 0 Å². The molecule has 0 spiro atoms. The van der Waals surface area contributed by atoms with Crippen molar-refractivity contribution in [3.05, 3.63) is 29.0 Å². The Morgan fingerprint density at radius 1 is 1.62 bits per heavy atom. The molecule has 6 heteroatoms. The highest BCUT2D eigenvalue weighted by Gasteiger charge is 2.28. The van der Waals surface area contributed by atoms with Crippen LogP contribution >= 0.6 is 11.3 Å². The third-order valence-corrected chi connectivity index (χ3v) is 4.74. The molecule has 21 heavy (non-hydrogen) atoms. The fraction of sp³-hybridized carbons (Fsp3) is 0.467. The van der Waals surface area contributed by atoms with Gasteiger partial charge in [-0.25, -0.2) is 4.98 Å². The number of thiophene rings is 1. The second-order valence-electron chi connectivity index (χ2n) is 5.36. The van der Waals surface area contributed by atoms with Gasteiger partial charge in [0.2, 0.25) is 5.89 Å². The summed E-state index contributed by atoms with van der Waals surface area (Å²) >= 11 is 1.60. The Morgan fingerprint density at radius 2 is 2.48 bits per heavy atom. The van der Waals surface area contributed by atoms with Crippen LogP contribution in [0.25, 0.3) is 10.8 Å². The number of carboxylic acids is 1. The van der Waals surface area contributed by atoms with Crippen LogP contribution in [0.15, 0.2) is 21.9 Å². The molecule has 0 aliphatic carbocycles. The van der Waals surface area contributed by atoms with E-state index in [2.05, 4.69) is 9.88 Å². The Bertz CT molecular complexity index is 621. The molecule has 112 valence electrons. The van der Waals surface area contributed by atoms with Crippen molar-refractivity contribution in [3.8, 4) is 10.8 Å². The van der Waals surface area contributed by atoms with Crippen LogP contribution in [0.4, 0.5) is 0 Å². The maximum Gasteiger partial charge on any atom is 0.304 e. The maximum atomic E-state index is 10.9. The summed E-state index contributed by atoms with van der Waals surface area (Å²) in [6.45, 7) is 3.51. The van der Waals surface area contributed by atoms with E-state index in [9.17, 15) is 4.79 Å². The van der Waals surface area contributed by atoms with Gasteiger partial charge in [-0.15, -0.1) is 11.3 Å². The molecule has 1 aliphatic rings. The van der Waals surface area contributed by atoms with Crippen molar-refractivity contribution >= 4 is 17.3 Å². The van der Waals surface area contributed by atoms with Crippen LogP contribution in [-0.4, -0.2) is 33.5 Å². The largest absolute Gasteiger partial charge is 0.481 e. The fourth-order valence-electron chi connectivity index (χ4n) is 2.81.